The van der Waals surface area contributed by atoms with Crippen molar-refractivity contribution in [2.45, 2.75) is 26.2 Å². The molecule has 0 bridgehead atoms. The lowest BCUT2D eigenvalue weighted by Gasteiger charge is -2.19. The van der Waals surface area contributed by atoms with Crippen LogP contribution in [0.3, 0.4) is 0 Å². The first kappa shape index (κ1) is 17.5. The van der Waals surface area contributed by atoms with Crippen LogP contribution >= 0.6 is 15.9 Å². The zero-order chi connectivity index (χ0) is 16.9. The molecule has 2 aromatic carbocycles. The van der Waals surface area contributed by atoms with E-state index in [0.29, 0.717) is 18.7 Å². The van der Waals surface area contributed by atoms with Crippen molar-refractivity contribution in [2.75, 3.05) is 13.2 Å². The number of halogens is 1. The average Bonchev–Trinajstić information content (AvgIpc) is 2.51. The molecule has 0 unspecified atom stereocenters. The summed E-state index contributed by atoms with van der Waals surface area (Å²) < 4.78 is 6.61. The Morgan fingerprint density at radius 2 is 1.65 bits per heavy atom. The van der Waals surface area contributed by atoms with Crippen molar-refractivity contribution >= 4 is 21.8 Å². The fourth-order valence-corrected chi connectivity index (χ4v) is 2.35. The molecule has 2 rings (SSSR count). The van der Waals surface area contributed by atoms with Gasteiger partial charge in [0.2, 0.25) is 0 Å². The first-order chi connectivity index (χ1) is 10.9. The molecule has 4 heteroatoms. The maximum atomic E-state index is 11.9. The Morgan fingerprint density at radius 3 is 2.22 bits per heavy atom. The third kappa shape index (κ3) is 5.39. The molecule has 122 valence electrons. The molecule has 2 aromatic rings. The Balaban J connectivity index is 1.77. The quantitative estimate of drug-likeness (QED) is 0.778. The van der Waals surface area contributed by atoms with Crippen molar-refractivity contribution in [2.24, 2.45) is 0 Å². The molecule has 1 N–H and O–H groups in total. The van der Waals surface area contributed by atoms with Gasteiger partial charge in [0.25, 0.3) is 5.91 Å². The predicted octanol–water partition coefficient (Wildman–Crippen LogP) is 4.56. The van der Waals surface area contributed by atoms with Gasteiger partial charge < -0.3 is 10.1 Å². The number of hydrogen-bond acceptors (Lipinski definition) is 2. The lowest BCUT2D eigenvalue weighted by Crippen LogP contribution is -2.28. The number of amides is 1. The highest BCUT2D eigenvalue weighted by molar-refractivity contribution is 9.10. The number of benzene rings is 2. The van der Waals surface area contributed by atoms with Crippen LogP contribution in [0.4, 0.5) is 0 Å². The normalized spacial score (nSPS) is 11.1. The summed E-state index contributed by atoms with van der Waals surface area (Å²) in [5.74, 6) is 0.722. The smallest absolute Gasteiger partial charge is 0.251 e. The van der Waals surface area contributed by atoms with E-state index in [0.717, 1.165) is 10.2 Å². The predicted molar refractivity (Wildman–Crippen MR) is 97.1 cm³/mol. The summed E-state index contributed by atoms with van der Waals surface area (Å²) in [6, 6.07) is 15.4. The van der Waals surface area contributed by atoms with Crippen LogP contribution in [0.1, 0.15) is 36.7 Å². The topological polar surface area (TPSA) is 38.3 Å². The Labute approximate surface area is 146 Å². The fourth-order valence-electron chi connectivity index (χ4n) is 2.09. The molecule has 0 radical (unpaired) electrons. The van der Waals surface area contributed by atoms with Crippen molar-refractivity contribution in [3.63, 3.8) is 0 Å². The summed E-state index contributed by atoms with van der Waals surface area (Å²) >= 11 is 3.35. The zero-order valence-electron chi connectivity index (χ0n) is 13.7. The molecular weight excluding hydrogens is 354 g/mol. The van der Waals surface area contributed by atoms with Gasteiger partial charge in [0.05, 0.1) is 6.54 Å². The number of ether oxygens (including phenoxy) is 1. The van der Waals surface area contributed by atoms with Gasteiger partial charge in [-0.2, -0.15) is 0 Å². The van der Waals surface area contributed by atoms with Gasteiger partial charge in [-0.15, -0.1) is 0 Å². The molecule has 23 heavy (non-hydrogen) atoms. The van der Waals surface area contributed by atoms with Gasteiger partial charge in [0, 0.05) is 10.0 Å². The molecule has 0 atom stereocenters. The van der Waals surface area contributed by atoms with E-state index in [1.54, 1.807) is 12.1 Å². The SMILES string of the molecule is CC(C)(C)c1ccc(OCCNC(=O)c2ccc(Br)cc2)cc1. The van der Waals surface area contributed by atoms with Gasteiger partial charge >= 0.3 is 0 Å². The van der Waals surface area contributed by atoms with E-state index in [1.807, 2.05) is 24.3 Å². The molecule has 0 fully saturated rings. The molecule has 0 aromatic heterocycles. The van der Waals surface area contributed by atoms with Crippen molar-refractivity contribution in [3.8, 4) is 5.75 Å². The van der Waals surface area contributed by atoms with E-state index in [-0.39, 0.29) is 11.3 Å². The van der Waals surface area contributed by atoms with E-state index in [9.17, 15) is 4.79 Å². The van der Waals surface area contributed by atoms with E-state index in [4.69, 9.17) is 4.74 Å². The molecule has 0 saturated carbocycles. The number of hydrogen-bond donors (Lipinski definition) is 1. The first-order valence-corrected chi connectivity index (χ1v) is 8.43. The summed E-state index contributed by atoms with van der Waals surface area (Å²) in [5.41, 5.74) is 2.05. The maximum absolute atomic E-state index is 11.9. The minimum absolute atomic E-state index is 0.0934. The molecule has 0 aliphatic rings. The average molecular weight is 376 g/mol. The Bertz CT molecular complexity index is 643. The Hall–Kier alpha value is -1.81. The van der Waals surface area contributed by atoms with Crippen LogP contribution in [0.5, 0.6) is 5.75 Å². The Kier molecular flexibility index (Phi) is 5.83. The Morgan fingerprint density at radius 1 is 1.04 bits per heavy atom. The van der Waals surface area contributed by atoms with E-state index >= 15 is 0 Å². The van der Waals surface area contributed by atoms with Gasteiger partial charge in [-0.1, -0.05) is 48.8 Å². The molecule has 0 heterocycles. The van der Waals surface area contributed by atoms with Crippen LogP contribution in [0.25, 0.3) is 0 Å². The molecule has 0 spiro atoms. The first-order valence-electron chi connectivity index (χ1n) is 7.63. The van der Waals surface area contributed by atoms with E-state index < -0.39 is 0 Å². The summed E-state index contributed by atoms with van der Waals surface area (Å²) in [6.45, 7) is 7.45. The second-order valence-electron chi connectivity index (χ2n) is 6.39. The zero-order valence-corrected chi connectivity index (χ0v) is 15.3. The largest absolute Gasteiger partial charge is 0.492 e. The fraction of sp³-hybridized carbons (Fsp3) is 0.316. The van der Waals surface area contributed by atoms with Crippen LogP contribution in [0.2, 0.25) is 0 Å². The summed E-state index contributed by atoms with van der Waals surface area (Å²) in [5, 5.41) is 2.85. The second-order valence-corrected chi connectivity index (χ2v) is 7.30. The van der Waals surface area contributed by atoms with E-state index in [2.05, 4.69) is 54.2 Å². The highest BCUT2D eigenvalue weighted by atomic mass is 79.9. The van der Waals surface area contributed by atoms with Crippen LogP contribution < -0.4 is 10.1 Å². The summed E-state index contributed by atoms with van der Waals surface area (Å²) in [6.07, 6.45) is 0. The number of carbonyl (C=O) groups is 1. The lowest BCUT2D eigenvalue weighted by atomic mass is 9.87. The van der Waals surface area contributed by atoms with Crippen molar-refractivity contribution in [1.29, 1.82) is 0 Å². The lowest BCUT2D eigenvalue weighted by molar-refractivity contribution is 0.0947. The second kappa shape index (κ2) is 7.64. The van der Waals surface area contributed by atoms with Crippen LogP contribution in [0, 0.1) is 0 Å². The highest BCUT2D eigenvalue weighted by Gasteiger charge is 2.12. The van der Waals surface area contributed by atoms with Crippen LogP contribution in [-0.2, 0) is 5.41 Å². The minimum Gasteiger partial charge on any atom is -0.492 e. The third-order valence-electron chi connectivity index (χ3n) is 3.48. The number of rotatable bonds is 5. The number of carbonyl (C=O) groups excluding carboxylic acids is 1. The molecule has 0 aliphatic carbocycles. The van der Waals surface area contributed by atoms with Gasteiger partial charge in [-0.25, -0.2) is 0 Å². The number of nitrogens with one attached hydrogen (secondary N) is 1. The van der Waals surface area contributed by atoms with Gasteiger partial charge in [0.15, 0.2) is 0 Å². The van der Waals surface area contributed by atoms with Crippen molar-refractivity contribution in [1.82, 2.24) is 5.32 Å². The van der Waals surface area contributed by atoms with Crippen LogP contribution in [0.15, 0.2) is 53.0 Å². The maximum Gasteiger partial charge on any atom is 0.251 e. The molecule has 3 nitrogen and oxygen atoms in total. The van der Waals surface area contributed by atoms with Gasteiger partial charge in [-0.05, 0) is 47.4 Å². The van der Waals surface area contributed by atoms with E-state index in [1.165, 1.54) is 5.56 Å². The standard InChI is InChI=1S/C19H22BrNO2/c1-19(2,3)15-6-10-17(11-7-15)23-13-12-21-18(22)14-4-8-16(20)9-5-14/h4-11H,12-13H2,1-3H3,(H,21,22). The van der Waals surface area contributed by atoms with Crippen molar-refractivity contribution in [3.05, 3.63) is 64.1 Å². The monoisotopic (exact) mass is 375 g/mol. The highest BCUT2D eigenvalue weighted by Crippen LogP contribution is 2.24. The molecular formula is C19H22BrNO2. The summed E-state index contributed by atoms with van der Waals surface area (Å²) in [4.78, 5) is 11.9. The summed E-state index contributed by atoms with van der Waals surface area (Å²) in [7, 11) is 0. The molecule has 0 aliphatic heterocycles. The van der Waals surface area contributed by atoms with Gasteiger partial charge in [0.1, 0.15) is 12.4 Å². The molecule has 0 saturated heterocycles. The third-order valence-corrected chi connectivity index (χ3v) is 4.01. The van der Waals surface area contributed by atoms with Gasteiger partial charge in [-0.3, -0.25) is 4.79 Å². The molecule has 1 amide bonds. The van der Waals surface area contributed by atoms with Crippen LogP contribution in [-0.4, -0.2) is 19.1 Å². The van der Waals surface area contributed by atoms with Crippen molar-refractivity contribution < 1.29 is 9.53 Å². The minimum atomic E-state index is -0.0934.